The maximum absolute atomic E-state index is 12.2. The summed E-state index contributed by atoms with van der Waals surface area (Å²) in [6.45, 7) is 3.57. The highest BCUT2D eigenvalue weighted by Crippen LogP contribution is 2.18. The molecular formula is C13H14N4O3. The van der Waals surface area contributed by atoms with Crippen LogP contribution in [0.5, 0.6) is 0 Å². The van der Waals surface area contributed by atoms with Gasteiger partial charge in [-0.15, -0.1) is 0 Å². The molecular weight excluding hydrogens is 260 g/mol. The van der Waals surface area contributed by atoms with E-state index in [1.165, 1.54) is 24.3 Å². The zero-order chi connectivity index (χ0) is 14.9. The minimum absolute atomic E-state index is 0.0169. The number of nitro benzene ring substituents is 1. The third-order valence-electron chi connectivity index (χ3n) is 3.07. The SMILES string of the molecule is Cc1nn(C)c(C)c1C(=O)Nc1ccc([N+](=O)[O-])cc1. The van der Waals surface area contributed by atoms with E-state index in [2.05, 4.69) is 10.4 Å². The van der Waals surface area contributed by atoms with Crippen LogP contribution in [0.15, 0.2) is 24.3 Å². The van der Waals surface area contributed by atoms with E-state index in [1.807, 2.05) is 6.92 Å². The van der Waals surface area contributed by atoms with Crippen LogP contribution in [0.25, 0.3) is 0 Å². The first-order valence-corrected chi connectivity index (χ1v) is 5.96. The molecule has 1 heterocycles. The number of aromatic nitrogens is 2. The van der Waals surface area contributed by atoms with Crippen LogP contribution in [0.4, 0.5) is 11.4 Å². The Bertz CT molecular complexity index is 674. The maximum Gasteiger partial charge on any atom is 0.269 e. The summed E-state index contributed by atoms with van der Waals surface area (Å²) in [7, 11) is 1.77. The Morgan fingerprint density at radius 3 is 2.35 bits per heavy atom. The first-order chi connectivity index (χ1) is 9.40. The van der Waals surface area contributed by atoms with Gasteiger partial charge in [-0.1, -0.05) is 0 Å². The van der Waals surface area contributed by atoms with E-state index in [0.717, 1.165) is 5.69 Å². The first kappa shape index (κ1) is 13.7. The van der Waals surface area contributed by atoms with E-state index in [1.54, 1.807) is 18.7 Å². The molecule has 0 atom stereocenters. The Hall–Kier alpha value is -2.70. The summed E-state index contributed by atoms with van der Waals surface area (Å²) in [6.07, 6.45) is 0. The lowest BCUT2D eigenvalue weighted by Gasteiger charge is -2.05. The smallest absolute Gasteiger partial charge is 0.269 e. The molecule has 1 amide bonds. The number of anilines is 1. The van der Waals surface area contributed by atoms with Gasteiger partial charge in [0.2, 0.25) is 0 Å². The lowest BCUT2D eigenvalue weighted by atomic mass is 10.2. The van der Waals surface area contributed by atoms with Crippen LogP contribution in [0.2, 0.25) is 0 Å². The molecule has 104 valence electrons. The van der Waals surface area contributed by atoms with Crippen LogP contribution in [0.1, 0.15) is 21.7 Å². The summed E-state index contributed by atoms with van der Waals surface area (Å²) < 4.78 is 1.64. The summed E-state index contributed by atoms with van der Waals surface area (Å²) in [4.78, 5) is 22.3. The molecule has 2 rings (SSSR count). The van der Waals surface area contributed by atoms with E-state index in [9.17, 15) is 14.9 Å². The molecule has 0 saturated heterocycles. The molecule has 0 bridgehead atoms. The van der Waals surface area contributed by atoms with E-state index < -0.39 is 4.92 Å². The van der Waals surface area contributed by atoms with Gasteiger partial charge in [0.25, 0.3) is 11.6 Å². The predicted octanol–water partition coefficient (Wildman–Crippen LogP) is 2.20. The summed E-state index contributed by atoms with van der Waals surface area (Å²) in [6, 6.07) is 5.69. The second-order valence-corrected chi connectivity index (χ2v) is 4.43. The molecule has 0 fully saturated rings. The number of rotatable bonds is 3. The number of hydrogen-bond acceptors (Lipinski definition) is 4. The number of hydrogen-bond donors (Lipinski definition) is 1. The molecule has 0 unspecified atom stereocenters. The number of benzene rings is 1. The van der Waals surface area contributed by atoms with Gasteiger partial charge in [0.05, 0.1) is 16.2 Å². The lowest BCUT2D eigenvalue weighted by molar-refractivity contribution is -0.384. The number of aryl methyl sites for hydroxylation is 2. The zero-order valence-corrected chi connectivity index (χ0v) is 11.4. The summed E-state index contributed by atoms with van der Waals surface area (Å²) in [5.74, 6) is -0.276. The molecule has 20 heavy (non-hydrogen) atoms. The summed E-state index contributed by atoms with van der Waals surface area (Å²) in [5.41, 5.74) is 2.41. The highest BCUT2D eigenvalue weighted by Gasteiger charge is 2.17. The largest absolute Gasteiger partial charge is 0.322 e. The average Bonchev–Trinajstić information content (AvgIpc) is 2.63. The van der Waals surface area contributed by atoms with Crippen LogP contribution in [-0.4, -0.2) is 20.6 Å². The van der Waals surface area contributed by atoms with Gasteiger partial charge in [-0.05, 0) is 26.0 Å². The molecule has 7 nitrogen and oxygen atoms in total. The fourth-order valence-corrected chi connectivity index (χ4v) is 1.96. The number of carbonyl (C=O) groups is 1. The van der Waals surface area contributed by atoms with Crippen molar-refractivity contribution >= 4 is 17.3 Å². The Morgan fingerprint density at radius 2 is 1.90 bits per heavy atom. The van der Waals surface area contributed by atoms with Crippen LogP contribution in [0.3, 0.4) is 0 Å². The molecule has 1 N–H and O–H groups in total. The fourth-order valence-electron chi connectivity index (χ4n) is 1.96. The summed E-state index contributed by atoms with van der Waals surface area (Å²) >= 11 is 0. The molecule has 0 aliphatic heterocycles. The molecule has 2 aromatic rings. The topological polar surface area (TPSA) is 90.1 Å². The molecule has 0 radical (unpaired) electrons. The van der Waals surface area contributed by atoms with E-state index in [0.29, 0.717) is 16.9 Å². The molecule has 0 saturated carbocycles. The second kappa shape index (κ2) is 5.12. The zero-order valence-electron chi connectivity index (χ0n) is 11.4. The van der Waals surface area contributed by atoms with Crippen molar-refractivity contribution < 1.29 is 9.72 Å². The van der Waals surface area contributed by atoms with Crippen LogP contribution in [-0.2, 0) is 7.05 Å². The maximum atomic E-state index is 12.2. The van der Waals surface area contributed by atoms with Gasteiger partial charge in [0.1, 0.15) is 0 Å². The van der Waals surface area contributed by atoms with E-state index >= 15 is 0 Å². The number of non-ortho nitro benzene ring substituents is 1. The van der Waals surface area contributed by atoms with Crippen LogP contribution >= 0.6 is 0 Å². The normalized spacial score (nSPS) is 10.3. The quantitative estimate of drug-likeness (QED) is 0.686. The molecule has 1 aromatic heterocycles. The van der Waals surface area contributed by atoms with Crippen molar-refractivity contribution in [1.82, 2.24) is 9.78 Å². The van der Waals surface area contributed by atoms with Gasteiger partial charge in [0.15, 0.2) is 0 Å². The van der Waals surface area contributed by atoms with Crippen molar-refractivity contribution in [2.75, 3.05) is 5.32 Å². The fraction of sp³-hybridized carbons (Fsp3) is 0.231. The number of amides is 1. The van der Waals surface area contributed by atoms with Crippen LogP contribution in [0, 0.1) is 24.0 Å². The number of nitrogens with zero attached hydrogens (tertiary/aromatic N) is 3. The van der Waals surface area contributed by atoms with E-state index in [-0.39, 0.29) is 11.6 Å². The lowest BCUT2D eigenvalue weighted by Crippen LogP contribution is -2.14. The standard InChI is InChI=1S/C13H14N4O3/c1-8-12(9(2)16(3)15-8)13(18)14-10-4-6-11(7-5-10)17(19)20/h4-7H,1-3H3,(H,14,18). The highest BCUT2D eigenvalue weighted by molar-refractivity contribution is 6.05. The Balaban J connectivity index is 2.21. The minimum atomic E-state index is -0.485. The molecule has 0 aliphatic carbocycles. The number of nitrogens with one attached hydrogen (secondary N) is 1. The van der Waals surface area contributed by atoms with Gasteiger partial charge in [-0.25, -0.2) is 0 Å². The van der Waals surface area contributed by atoms with Gasteiger partial charge >= 0.3 is 0 Å². The number of nitro groups is 1. The Labute approximate surface area is 115 Å². The molecule has 7 heteroatoms. The third kappa shape index (κ3) is 2.51. The van der Waals surface area contributed by atoms with Crippen molar-refractivity contribution in [3.63, 3.8) is 0 Å². The second-order valence-electron chi connectivity index (χ2n) is 4.43. The summed E-state index contributed by atoms with van der Waals surface area (Å²) in [5, 5.41) is 17.4. The highest BCUT2D eigenvalue weighted by atomic mass is 16.6. The number of carbonyl (C=O) groups excluding carboxylic acids is 1. The van der Waals surface area contributed by atoms with Crippen molar-refractivity contribution in [3.05, 3.63) is 51.3 Å². The van der Waals surface area contributed by atoms with Gasteiger partial charge in [-0.3, -0.25) is 19.6 Å². The van der Waals surface area contributed by atoms with Crippen molar-refractivity contribution in [1.29, 1.82) is 0 Å². The average molecular weight is 274 g/mol. The molecule has 0 aliphatic rings. The Morgan fingerprint density at radius 1 is 1.30 bits per heavy atom. The Kier molecular flexibility index (Phi) is 3.51. The van der Waals surface area contributed by atoms with Gasteiger partial charge in [-0.2, -0.15) is 5.10 Å². The van der Waals surface area contributed by atoms with Crippen molar-refractivity contribution in [3.8, 4) is 0 Å². The molecule has 1 aromatic carbocycles. The van der Waals surface area contributed by atoms with E-state index in [4.69, 9.17) is 0 Å². The van der Waals surface area contributed by atoms with Crippen LogP contribution < -0.4 is 5.32 Å². The van der Waals surface area contributed by atoms with Gasteiger partial charge in [0, 0.05) is 30.6 Å². The van der Waals surface area contributed by atoms with Crippen molar-refractivity contribution in [2.24, 2.45) is 7.05 Å². The predicted molar refractivity (Wildman–Crippen MR) is 73.7 cm³/mol. The minimum Gasteiger partial charge on any atom is -0.322 e. The first-order valence-electron chi connectivity index (χ1n) is 5.96. The third-order valence-corrected chi connectivity index (χ3v) is 3.07. The molecule has 0 spiro atoms. The van der Waals surface area contributed by atoms with Gasteiger partial charge < -0.3 is 5.32 Å². The monoisotopic (exact) mass is 274 g/mol. The van der Waals surface area contributed by atoms with Crippen molar-refractivity contribution in [2.45, 2.75) is 13.8 Å².